The molecule has 13 nitrogen and oxygen atoms in total. The highest BCUT2D eigenvalue weighted by atomic mass is 35.5. The predicted octanol–water partition coefficient (Wildman–Crippen LogP) is 9.60. The average Bonchev–Trinajstić information content (AvgIpc) is 3.72. The number of nitrogens with one attached hydrogen (secondary N) is 2. The molecule has 0 bridgehead atoms. The molecule has 64 heavy (non-hydrogen) atoms. The summed E-state index contributed by atoms with van der Waals surface area (Å²) in [5, 5.41) is 7.37. The molecular weight excluding hydrogens is 860 g/mol. The number of pyridine rings is 1. The summed E-state index contributed by atoms with van der Waals surface area (Å²) in [6.07, 6.45) is 4.27. The maximum atomic E-state index is 14.5. The quantitative estimate of drug-likeness (QED) is 0.0900. The van der Waals surface area contributed by atoms with E-state index in [0.29, 0.717) is 61.6 Å². The van der Waals surface area contributed by atoms with Crippen LogP contribution in [0.2, 0.25) is 10.0 Å². The Hall–Kier alpha value is -7.42. The Balaban J connectivity index is 0.000000193. The number of rotatable bonds is 12. The van der Waals surface area contributed by atoms with Crippen molar-refractivity contribution >= 4 is 79.9 Å². The normalized spacial score (nSPS) is 10.9. The third kappa shape index (κ3) is 9.63. The maximum Gasteiger partial charge on any atom is 0.298 e. The summed E-state index contributed by atoms with van der Waals surface area (Å²) in [6.45, 7) is 6.24. The lowest BCUT2D eigenvalue weighted by molar-refractivity contribution is -0.113. The van der Waals surface area contributed by atoms with E-state index in [1.54, 1.807) is 47.9 Å². The van der Waals surface area contributed by atoms with Crippen LogP contribution < -0.4 is 20.1 Å². The predicted molar refractivity (Wildman–Crippen MR) is 244 cm³/mol. The minimum absolute atomic E-state index is 0.147. The second-order valence-corrected chi connectivity index (χ2v) is 15.5. The van der Waals surface area contributed by atoms with Crippen LogP contribution in [0.5, 0.6) is 11.6 Å². The number of carbonyl (C=O) groups is 4. The van der Waals surface area contributed by atoms with E-state index in [-0.39, 0.29) is 17.9 Å². The van der Waals surface area contributed by atoms with Gasteiger partial charge in [0.1, 0.15) is 23.7 Å². The Labute approximate surface area is 376 Å². The summed E-state index contributed by atoms with van der Waals surface area (Å²) in [4.78, 5) is 63.7. The first-order valence-corrected chi connectivity index (χ1v) is 20.4. The SMILES string of the molecule is COc1ccc2c(c1)c(C(=O)C(=O)Nc1ccnc(OC)c1)c(C)n2Cc1ccc(Cl)cc1F.Cc1ccc2c(c1)c(C(=O)C(=O)Nc1ccncn1)c(C)n2Cc1ccc(Cl)cc1. The van der Waals surface area contributed by atoms with Crippen LogP contribution in [-0.4, -0.2) is 61.7 Å². The van der Waals surface area contributed by atoms with Crippen LogP contribution in [0.1, 0.15) is 48.8 Å². The van der Waals surface area contributed by atoms with Crippen LogP contribution in [0, 0.1) is 26.6 Å². The summed E-state index contributed by atoms with van der Waals surface area (Å²) in [5.41, 5.74) is 6.23. The zero-order valence-corrected chi connectivity index (χ0v) is 36.7. The summed E-state index contributed by atoms with van der Waals surface area (Å²) >= 11 is 11.9. The minimum Gasteiger partial charge on any atom is -0.497 e. The molecule has 0 radical (unpaired) electrons. The van der Waals surface area contributed by atoms with Gasteiger partial charge >= 0.3 is 0 Å². The molecule has 0 atom stereocenters. The van der Waals surface area contributed by atoms with Gasteiger partial charge in [-0.15, -0.1) is 0 Å². The molecule has 0 aliphatic heterocycles. The van der Waals surface area contributed by atoms with E-state index in [0.717, 1.165) is 27.7 Å². The van der Waals surface area contributed by atoms with Crippen LogP contribution >= 0.6 is 23.2 Å². The molecule has 0 saturated heterocycles. The fourth-order valence-electron chi connectivity index (χ4n) is 7.31. The zero-order chi connectivity index (χ0) is 45.7. The standard InChI is InChI=1S/C25H21ClFN3O4.C23H19ClN4O2/c1-14-23(24(31)25(32)29-17-8-9-28-22(11-17)34-3)19-12-18(33-2)6-7-21(19)30(14)13-15-4-5-16(26)10-20(15)27;1-14-3-8-19-18(11-14)21(22(29)23(30)27-20-9-10-25-13-26-20)15(2)28(19)12-16-4-6-17(24)7-5-16/h4-12H,13H2,1-3H3,(H,28,29,32);3-11,13H,12H2,1-2H3,(H,25,26,27,30). The molecule has 0 aliphatic rings. The first kappa shape index (κ1) is 44.6. The molecular formula is C48H40Cl2FN7O6. The van der Waals surface area contributed by atoms with E-state index >= 15 is 0 Å². The average molecular weight is 901 g/mol. The summed E-state index contributed by atoms with van der Waals surface area (Å²) < 4.78 is 28.7. The van der Waals surface area contributed by atoms with Gasteiger partial charge in [-0.1, -0.05) is 53.0 Å². The van der Waals surface area contributed by atoms with Crippen molar-refractivity contribution in [2.24, 2.45) is 0 Å². The molecule has 0 unspecified atom stereocenters. The van der Waals surface area contributed by atoms with Crippen molar-refractivity contribution in [2.75, 3.05) is 24.9 Å². The summed E-state index contributed by atoms with van der Waals surface area (Å²) in [7, 11) is 2.97. The van der Waals surface area contributed by atoms with Crippen molar-refractivity contribution in [1.29, 1.82) is 0 Å². The van der Waals surface area contributed by atoms with Crippen LogP contribution in [0.25, 0.3) is 21.8 Å². The smallest absolute Gasteiger partial charge is 0.298 e. The van der Waals surface area contributed by atoms with Gasteiger partial charge in [0.25, 0.3) is 23.4 Å². The Bertz CT molecular complexity index is 3080. The molecule has 0 fully saturated rings. The lowest BCUT2D eigenvalue weighted by Gasteiger charge is -2.10. The Morgan fingerprint density at radius 2 is 1.30 bits per heavy atom. The fraction of sp³-hybridized carbons (Fsp3) is 0.146. The molecule has 4 aromatic heterocycles. The Kier molecular flexibility index (Phi) is 13.5. The van der Waals surface area contributed by atoms with E-state index in [1.165, 1.54) is 51.1 Å². The largest absolute Gasteiger partial charge is 0.497 e. The lowest BCUT2D eigenvalue weighted by atomic mass is 10.0. The monoisotopic (exact) mass is 899 g/mol. The molecule has 16 heteroatoms. The number of halogens is 3. The number of ether oxygens (including phenoxy) is 2. The Morgan fingerprint density at radius 1 is 0.656 bits per heavy atom. The number of fused-ring (bicyclic) bond motifs is 2. The molecule has 8 rings (SSSR count). The van der Waals surface area contributed by atoms with Gasteiger partial charge in [0.15, 0.2) is 0 Å². The number of carbonyl (C=O) groups excluding carboxylic acids is 4. The number of hydrogen-bond donors (Lipinski definition) is 2. The number of nitrogens with zero attached hydrogens (tertiary/aromatic N) is 5. The van der Waals surface area contributed by atoms with Gasteiger partial charge in [-0.25, -0.2) is 19.3 Å². The number of Topliss-reactive ketones (excluding diaryl/α,β-unsaturated/α-hetero) is 2. The van der Waals surface area contributed by atoms with Gasteiger partial charge in [-0.3, -0.25) is 19.2 Å². The third-order valence-electron chi connectivity index (χ3n) is 10.5. The second kappa shape index (κ2) is 19.3. The van der Waals surface area contributed by atoms with E-state index in [4.69, 9.17) is 32.7 Å². The number of anilines is 2. The van der Waals surface area contributed by atoms with E-state index in [9.17, 15) is 23.6 Å². The molecule has 324 valence electrons. The first-order valence-electron chi connectivity index (χ1n) is 19.7. The molecule has 0 saturated carbocycles. The van der Waals surface area contributed by atoms with Crippen LogP contribution in [-0.2, 0) is 22.7 Å². The number of aryl methyl sites for hydroxylation is 1. The maximum absolute atomic E-state index is 14.5. The Morgan fingerprint density at radius 3 is 1.94 bits per heavy atom. The molecule has 4 aromatic carbocycles. The fourth-order valence-corrected chi connectivity index (χ4v) is 7.59. The highest BCUT2D eigenvalue weighted by Gasteiger charge is 2.28. The summed E-state index contributed by atoms with van der Waals surface area (Å²) in [5.74, 6) is -2.25. The molecule has 0 aliphatic carbocycles. The number of ketones is 2. The van der Waals surface area contributed by atoms with Gasteiger partial charge in [-0.2, -0.15) is 0 Å². The first-order chi connectivity index (χ1) is 30.8. The number of methoxy groups -OCH3 is 2. The minimum atomic E-state index is -0.823. The van der Waals surface area contributed by atoms with Crippen LogP contribution in [0.15, 0.2) is 116 Å². The van der Waals surface area contributed by atoms with Gasteiger partial charge in [0, 0.05) is 79.5 Å². The molecule has 8 aromatic rings. The summed E-state index contributed by atoms with van der Waals surface area (Å²) in [6, 6.07) is 27.7. The van der Waals surface area contributed by atoms with Crippen molar-refractivity contribution in [2.45, 2.75) is 33.9 Å². The van der Waals surface area contributed by atoms with E-state index < -0.39 is 29.2 Å². The van der Waals surface area contributed by atoms with Gasteiger partial charge in [0.05, 0.1) is 31.9 Å². The number of benzene rings is 4. The number of aromatic nitrogens is 5. The molecule has 2 N–H and O–H groups in total. The third-order valence-corrected chi connectivity index (χ3v) is 11.0. The topological polar surface area (TPSA) is 159 Å². The highest BCUT2D eigenvalue weighted by Crippen LogP contribution is 2.32. The molecule has 0 spiro atoms. The number of amides is 2. The van der Waals surface area contributed by atoms with Crippen molar-refractivity contribution in [3.05, 3.63) is 171 Å². The van der Waals surface area contributed by atoms with Crippen molar-refractivity contribution in [1.82, 2.24) is 24.1 Å². The molecule has 2 amide bonds. The number of hydrogen-bond acceptors (Lipinski definition) is 9. The van der Waals surface area contributed by atoms with Crippen molar-refractivity contribution < 1.29 is 33.0 Å². The highest BCUT2D eigenvalue weighted by molar-refractivity contribution is 6.49. The van der Waals surface area contributed by atoms with Gasteiger partial charge < -0.3 is 29.2 Å². The van der Waals surface area contributed by atoms with Gasteiger partial charge in [0.2, 0.25) is 5.88 Å². The van der Waals surface area contributed by atoms with Gasteiger partial charge in [-0.05, 0) is 93.1 Å². The van der Waals surface area contributed by atoms with Crippen molar-refractivity contribution in [3.63, 3.8) is 0 Å². The molecule has 4 heterocycles. The lowest BCUT2D eigenvalue weighted by Crippen LogP contribution is -2.24. The van der Waals surface area contributed by atoms with Crippen LogP contribution in [0.3, 0.4) is 0 Å². The van der Waals surface area contributed by atoms with E-state index in [1.807, 2.05) is 60.9 Å². The van der Waals surface area contributed by atoms with Crippen molar-refractivity contribution in [3.8, 4) is 11.6 Å². The van der Waals surface area contributed by atoms with Crippen LogP contribution in [0.4, 0.5) is 15.9 Å². The van der Waals surface area contributed by atoms with E-state index in [2.05, 4.69) is 25.6 Å². The second-order valence-electron chi connectivity index (χ2n) is 14.6. The zero-order valence-electron chi connectivity index (χ0n) is 35.2.